The Labute approximate surface area is 69.8 Å². The van der Waals surface area contributed by atoms with Crippen molar-refractivity contribution in [3.05, 3.63) is 11.4 Å². The van der Waals surface area contributed by atoms with Gasteiger partial charge in [0.1, 0.15) is 0 Å². The van der Waals surface area contributed by atoms with Gasteiger partial charge in [-0.1, -0.05) is 0 Å². The van der Waals surface area contributed by atoms with Crippen molar-refractivity contribution in [3.8, 4) is 0 Å². The lowest BCUT2D eigenvalue weighted by molar-refractivity contribution is -0.134. The first-order chi connectivity index (χ1) is 5.61. The predicted molar refractivity (Wildman–Crippen MR) is 40.4 cm³/mol. The highest BCUT2D eigenvalue weighted by Gasteiger charge is 2.20. The maximum absolute atomic E-state index is 12.8. The van der Waals surface area contributed by atoms with Gasteiger partial charge in [0.2, 0.25) is 5.83 Å². The summed E-state index contributed by atoms with van der Waals surface area (Å²) in [5.74, 6) is -2.48. The molecule has 0 aromatic rings. The number of ether oxygens (including phenoxy) is 1. The van der Waals surface area contributed by atoms with E-state index in [1.807, 2.05) is 0 Å². The quantitative estimate of drug-likeness (QED) is 0.612. The van der Waals surface area contributed by atoms with E-state index < -0.39 is 11.8 Å². The number of hydrogen-bond donors (Lipinski definition) is 1. The maximum Gasteiger partial charge on any atom is 0.364 e. The van der Waals surface area contributed by atoms with Crippen LogP contribution >= 0.6 is 0 Å². The molecule has 1 atom stereocenters. The van der Waals surface area contributed by atoms with Gasteiger partial charge in [-0.15, -0.1) is 0 Å². The molecule has 1 N–H and O–H groups in total. The fraction of sp³-hybridized carbons (Fsp3) is 0.625. The zero-order valence-corrected chi connectivity index (χ0v) is 6.84. The summed E-state index contributed by atoms with van der Waals surface area (Å²) in [4.78, 5) is 10.2. The Morgan fingerprint density at radius 2 is 2.42 bits per heavy atom. The summed E-state index contributed by atoms with van der Waals surface area (Å²) in [6.07, 6.45) is 0.708. The van der Waals surface area contributed by atoms with Crippen LogP contribution in [0.4, 0.5) is 4.39 Å². The Morgan fingerprint density at radius 1 is 1.75 bits per heavy atom. The van der Waals surface area contributed by atoms with Gasteiger partial charge in [-0.05, 0) is 25.3 Å². The third kappa shape index (κ3) is 2.04. The molecule has 0 radical (unpaired) electrons. The first-order valence-electron chi connectivity index (χ1n) is 3.83. The topological polar surface area (TPSA) is 46.5 Å². The van der Waals surface area contributed by atoms with Crippen molar-refractivity contribution < 1.29 is 19.0 Å². The van der Waals surface area contributed by atoms with Crippen molar-refractivity contribution in [2.24, 2.45) is 0 Å². The Hall–Kier alpha value is -0.900. The molecule has 0 bridgehead atoms. The Bertz CT molecular complexity index is 222. The average molecular weight is 174 g/mol. The standard InChI is InChI=1S/C8H11FO3/c1-5-4-6(2-3-12-5)7(9)8(10)11/h5H,2-4H2,1H3,(H,10,11). The van der Waals surface area contributed by atoms with E-state index in [0.29, 0.717) is 25.0 Å². The van der Waals surface area contributed by atoms with Crippen molar-refractivity contribution in [2.75, 3.05) is 6.61 Å². The van der Waals surface area contributed by atoms with E-state index in [-0.39, 0.29) is 6.10 Å². The van der Waals surface area contributed by atoms with Crippen molar-refractivity contribution >= 4 is 5.97 Å². The van der Waals surface area contributed by atoms with Crippen LogP contribution in [0.25, 0.3) is 0 Å². The molecule has 1 rings (SSSR count). The lowest BCUT2D eigenvalue weighted by atomic mass is 10.0. The summed E-state index contributed by atoms with van der Waals surface area (Å²) in [5, 5.41) is 8.35. The van der Waals surface area contributed by atoms with Crippen molar-refractivity contribution in [3.63, 3.8) is 0 Å². The number of carboxylic acid groups (broad SMARTS) is 1. The molecule has 1 aliphatic rings. The first-order valence-corrected chi connectivity index (χ1v) is 3.83. The van der Waals surface area contributed by atoms with Crippen LogP contribution in [-0.4, -0.2) is 23.8 Å². The minimum atomic E-state index is -1.47. The number of hydrogen-bond acceptors (Lipinski definition) is 2. The number of aliphatic carboxylic acids is 1. The molecule has 68 valence electrons. The van der Waals surface area contributed by atoms with Crippen LogP contribution < -0.4 is 0 Å². The molecule has 1 aliphatic heterocycles. The highest BCUT2D eigenvalue weighted by atomic mass is 19.1. The minimum Gasteiger partial charge on any atom is -0.476 e. The maximum atomic E-state index is 12.8. The van der Waals surface area contributed by atoms with Crippen LogP contribution in [0.2, 0.25) is 0 Å². The summed E-state index contributed by atoms with van der Waals surface area (Å²) < 4.78 is 18.0. The van der Waals surface area contributed by atoms with E-state index in [1.54, 1.807) is 6.92 Å². The van der Waals surface area contributed by atoms with Gasteiger partial charge in [0.05, 0.1) is 12.7 Å². The third-order valence-electron chi connectivity index (χ3n) is 1.84. The molecular formula is C8H11FO3. The van der Waals surface area contributed by atoms with Crippen LogP contribution in [-0.2, 0) is 9.53 Å². The van der Waals surface area contributed by atoms with E-state index in [0.717, 1.165) is 0 Å². The van der Waals surface area contributed by atoms with Gasteiger partial charge >= 0.3 is 5.97 Å². The molecule has 0 spiro atoms. The van der Waals surface area contributed by atoms with Gasteiger partial charge in [-0.2, -0.15) is 4.39 Å². The lowest BCUT2D eigenvalue weighted by Gasteiger charge is -2.21. The highest BCUT2D eigenvalue weighted by Crippen LogP contribution is 2.22. The van der Waals surface area contributed by atoms with Gasteiger partial charge in [-0.3, -0.25) is 0 Å². The number of rotatable bonds is 1. The van der Waals surface area contributed by atoms with E-state index in [4.69, 9.17) is 9.84 Å². The molecule has 1 unspecified atom stereocenters. The van der Waals surface area contributed by atoms with Crippen LogP contribution in [0, 0.1) is 0 Å². The molecular weight excluding hydrogens is 163 g/mol. The Balaban J connectivity index is 2.72. The van der Waals surface area contributed by atoms with Crippen LogP contribution in [0.3, 0.4) is 0 Å². The van der Waals surface area contributed by atoms with Gasteiger partial charge in [-0.25, -0.2) is 4.79 Å². The van der Waals surface area contributed by atoms with Gasteiger partial charge in [0, 0.05) is 0 Å². The second-order valence-electron chi connectivity index (χ2n) is 2.86. The highest BCUT2D eigenvalue weighted by molar-refractivity contribution is 5.84. The van der Waals surface area contributed by atoms with E-state index in [9.17, 15) is 9.18 Å². The number of halogens is 1. The van der Waals surface area contributed by atoms with E-state index in [2.05, 4.69) is 0 Å². The summed E-state index contributed by atoms with van der Waals surface area (Å²) in [5.41, 5.74) is 0.362. The van der Waals surface area contributed by atoms with Gasteiger partial charge < -0.3 is 9.84 Å². The van der Waals surface area contributed by atoms with E-state index >= 15 is 0 Å². The molecule has 0 saturated carbocycles. The fourth-order valence-electron chi connectivity index (χ4n) is 1.24. The van der Waals surface area contributed by atoms with Crippen LogP contribution in [0.1, 0.15) is 19.8 Å². The molecule has 0 amide bonds. The summed E-state index contributed by atoms with van der Waals surface area (Å²) in [7, 11) is 0. The van der Waals surface area contributed by atoms with E-state index in [1.165, 1.54) is 0 Å². The third-order valence-corrected chi connectivity index (χ3v) is 1.84. The molecule has 0 aromatic heterocycles. The minimum absolute atomic E-state index is 0.0705. The normalized spacial score (nSPS) is 28.3. The van der Waals surface area contributed by atoms with Crippen molar-refractivity contribution in [1.29, 1.82) is 0 Å². The Kier molecular flexibility index (Phi) is 2.81. The van der Waals surface area contributed by atoms with Gasteiger partial charge in [0.25, 0.3) is 0 Å². The summed E-state index contributed by atoms with van der Waals surface area (Å²) in [6.45, 7) is 2.21. The van der Waals surface area contributed by atoms with Crippen LogP contribution in [0.5, 0.6) is 0 Å². The first kappa shape index (κ1) is 9.19. The SMILES string of the molecule is CC1CC(=C(F)C(=O)O)CCO1. The fourth-order valence-corrected chi connectivity index (χ4v) is 1.24. The second-order valence-corrected chi connectivity index (χ2v) is 2.86. The molecule has 3 nitrogen and oxygen atoms in total. The average Bonchev–Trinajstić information content (AvgIpc) is 2.03. The lowest BCUT2D eigenvalue weighted by Crippen LogP contribution is -2.19. The Morgan fingerprint density at radius 3 is 2.92 bits per heavy atom. The van der Waals surface area contributed by atoms with Crippen LogP contribution in [0.15, 0.2) is 11.4 Å². The zero-order chi connectivity index (χ0) is 9.14. The molecule has 4 heteroatoms. The van der Waals surface area contributed by atoms with Crippen molar-refractivity contribution in [2.45, 2.75) is 25.9 Å². The van der Waals surface area contributed by atoms with Gasteiger partial charge in [0.15, 0.2) is 0 Å². The molecule has 1 saturated heterocycles. The molecule has 12 heavy (non-hydrogen) atoms. The summed E-state index contributed by atoms with van der Waals surface area (Å²) >= 11 is 0. The summed E-state index contributed by atoms with van der Waals surface area (Å²) in [6, 6.07) is 0. The monoisotopic (exact) mass is 174 g/mol. The largest absolute Gasteiger partial charge is 0.476 e. The number of carbonyl (C=O) groups is 1. The predicted octanol–water partition coefficient (Wildman–Crippen LogP) is 1.49. The smallest absolute Gasteiger partial charge is 0.364 e. The second kappa shape index (κ2) is 3.67. The molecule has 0 aliphatic carbocycles. The molecule has 0 aromatic carbocycles. The van der Waals surface area contributed by atoms with Crippen molar-refractivity contribution in [1.82, 2.24) is 0 Å². The zero-order valence-electron chi connectivity index (χ0n) is 6.84. The molecule has 1 fully saturated rings. The molecule has 1 heterocycles. The number of carboxylic acids is 1.